The molecule has 1 aromatic heterocycles. The fourth-order valence-corrected chi connectivity index (χ4v) is 3.48. The molecule has 0 atom stereocenters. The number of nitrogen functional groups attached to an aromatic ring is 1. The van der Waals surface area contributed by atoms with Crippen molar-refractivity contribution >= 4 is 11.5 Å². The van der Waals surface area contributed by atoms with Crippen LogP contribution < -0.4 is 21.9 Å². The molecular weight excluding hydrogens is 380 g/mol. The van der Waals surface area contributed by atoms with E-state index in [1.807, 2.05) is 53.4 Å². The summed E-state index contributed by atoms with van der Waals surface area (Å²) < 4.78 is 6.43. The van der Waals surface area contributed by atoms with E-state index in [2.05, 4.69) is 17.1 Å². The predicted octanol–water partition coefficient (Wildman–Crippen LogP) is 2.40. The van der Waals surface area contributed by atoms with Gasteiger partial charge in [0.15, 0.2) is 0 Å². The number of ether oxygens (including phenoxy) is 1. The molecule has 158 valence electrons. The lowest BCUT2D eigenvalue weighted by molar-refractivity contribution is 0.186. The Morgan fingerprint density at radius 3 is 2.27 bits per heavy atom. The molecule has 0 radical (unpaired) electrons. The number of aryl methyl sites for hydroxylation is 1. The monoisotopic (exact) mass is 408 g/mol. The van der Waals surface area contributed by atoms with E-state index < -0.39 is 11.2 Å². The normalized spacial score (nSPS) is 10.8. The maximum absolute atomic E-state index is 12.7. The van der Waals surface area contributed by atoms with Crippen LogP contribution in [0.3, 0.4) is 0 Å². The first-order valence-corrected chi connectivity index (χ1v) is 10.0. The first kappa shape index (κ1) is 21.4. The summed E-state index contributed by atoms with van der Waals surface area (Å²) in [5.41, 5.74) is 7.94. The molecule has 3 aromatic rings. The average Bonchev–Trinajstić information content (AvgIpc) is 2.75. The maximum atomic E-state index is 12.7. The summed E-state index contributed by atoms with van der Waals surface area (Å²) in [4.78, 5) is 29.3. The van der Waals surface area contributed by atoms with Gasteiger partial charge in [0.25, 0.3) is 5.56 Å². The zero-order valence-corrected chi connectivity index (χ0v) is 17.2. The van der Waals surface area contributed by atoms with Gasteiger partial charge in [-0.05, 0) is 24.0 Å². The van der Waals surface area contributed by atoms with Crippen molar-refractivity contribution < 1.29 is 4.74 Å². The van der Waals surface area contributed by atoms with Crippen LogP contribution in [0, 0.1) is 0 Å². The van der Waals surface area contributed by atoms with Gasteiger partial charge >= 0.3 is 5.69 Å². The average molecular weight is 409 g/mol. The van der Waals surface area contributed by atoms with Crippen LogP contribution in [0.1, 0.15) is 17.5 Å². The van der Waals surface area contributed by atoms with Crippen LogP contribution in [0.15, 0.2) is 70.3 Å². The second-order valence-corrected chi connectivity index (χ2v) is 7.13. The van der Waals surface area contributed by atoms with Crippen molar-refractivity contribution in [2.24, 2.45) is 0 Å². The lowest BCUT2D eigenvalue weighted by Crippen LogP contribution is -2.39. The summed E-state index contributed by atoms with van der Waals surface area (Å²) in [5, 5.41) is 0. The highest BCUT2D eigenvalue weighted by atomic mass is 16.5. The van der Waals surface area contributed by atoms with Gasteiger partial charge in [0, 0.05) is 20.2 Å². The summed E-state index contributed by atoms with van der Waals surface area (Å²) >= 11 is 0. The largest absolute Gasteiger partial charge is 0.383 e. The Balaban J connectivity index is 1.90. The first-order valence-electron chi connectivity index (χ1n) is 10.0. The van der Waals surface area contributed by atoms with Crippen LogP contribution in [0.4, 0.5) is 11.5 Å². The Bertz CT molecular complexity index is 1050. The minimum atomic E-state index is -0.526. The number of nitrogens with one attached hydrogen (secondary N) is 1. The SMILES string of the molecule is COCCn1c(N)c(N(CCCc2ccccc2)Cc2ccccc2)c(=O)[nH]c1=O. The molecule has 0 aliphatic rings. The Labute approximate surface area is 175 Å². The second kappa shape index (κ2) is 10.5. The maximum Gasteiger partial charge on any atom is 0.330 e. The molecular formula is C23H28N4O3. The summed E-state index contributed by atoms with van der Waals surface area (Å²) in [6.07, 6.45) is 1.72. The molecule has 1 heterocycles. The standard InChI is InChI=1S/C23H28N4O3/c1-30-16-15-27-21(24)20(22(28)25-23(27)29)26(17-19-11-6-3-7-12-19)14-8-13-18-9-4-2-5-10-18/h2-7,9-12H,8,13-17,24H2,1H3,(H,25,28,29). The van der Waals surface area contributed by atoms with Gasteiger partial charge in [-0.3, -0.25) is 14.3 Å². The number of aromatic nitrogens is 2. The van der Waals surface area contributed by atoms with Gasteiger partial charge in [-0.2, -0.15) is 0 Å². The van der Waals surface area contributed by atoms with Crippen LogP contribution in [0.25, 0.3) is 0 Å². The molecule has 7 heteroatoms. The minimum absolute atomic E-state index is 0.163. The number of benzene rings is 2. The summed E-state index contributed by atoms with van der Waals surface area (Å²) in [5.74, 6) is 0.163. The van der Waals surface area contributed by atoms with E-state index in [9.17, 15) is 9.59 Å². The van der Waals surface area contributed by atoms with E-state index in [-0.39, 0.29) is 12.4 Å². The summed E-state index contributed by atoms with van der Waals surface area (Å²) in [7, 11) is 1.55. The number of methoxy groups -OCH3 is 1. The third kappa shape index (κ3) is 5.39. The number of aromatic amines is 1. The Kier molecular flexibility index (Phi) is 7.45. The molecule has 30 heavy (non-hydrogen) atoms. The van der Waals surface area contributed by atoms with Crippen molar-refractivity contribution in [3.05, 3.63) is 92.6 Å². The van der Waals surface area contributed by atoms with E-state index in [0.717, 1.165) is 18.4 Å². The second-order valence-electron chi connectivity index (χ2n) is 7.13. The van der Waals surface area contributed by atoms with Gasteiger partial charge in [0.2, 0.25) is 0 Å². The molecule has 2 aromatic carbocycles. The molecule has 3 N–H and O–H groups in total. The molecule has 0 fully saturated rings. The fourth-order valence-electron chi connectivity index (χ4n) is 3.48. The van der Waals surface area contributed by atoms with E-state index in [1.165, 1.54) is 10.1 Å². The quantitative estimate of drug-likeness (QED) is 0.537. The third-order valence-corrected chi connectivity index (χ3v) is 5.00. The van der Waals surface area contributed by atoms with Crippen molar-refractivity contribution in [2.45, 2.75) is 25.9 Å². The smallest absolute Gasteiger partial charge is 0.330 e. The summed E-state index contributed by atoms with van der Waals surface area (Å²) in [6.45, 7) is 1.74. The van der Waals surface area contributed by atoms with Gasteiger partial charge in [0.1, 0.15) is 11.5 Å². The van der Waals surface area contributed by atoms with Crippen molar-refractivity contribution in [3.63, 3.8) is 0 Å². The molecule has 0 aliphatic heterocycles. The molecule has 0 unspecified atom stereocenters. The van der Waals surface area contributed by atoms with E-state index >= 15 is 0 Å². The first-order chi connectivity index (χ1) is 14.6. The van der Waals surface area contributed by atoms with Crippen LogP contribution in [0.2, 0.25) is 0 Å². The molecule has 0 amide bonds. The lowest BCUT2D eigenvalue weighted by Gasteiger charge is -2.26. The molecule has 0 spiro atoms. The zero-order chi connectivity index (χ0) is 21.3. The fraction of sp³-hybridized carbons (Fsp3) is 0.304. The van der Waals surface area contributed by atoms with Crippen molar-refractivity contribution in [2.75, 3.05) is 30.9 Å². The Morgan fingerprint density at radius 2 is 1.63 bits per heavy atom. The van der Waals surface area contributed by atoms with Crippen LogP contribution in [0.5, 0.6) is 0 Å². The van der Waals surface area contributed by atoms with Crippen molar-refractivity contribution in [3.8, 4) is 0 Å². The topological polar surface area (TPSA) is 93.3 Å². The minimum Gasteiger partial charge on any atom is -0.383 e. The number of anilines is 2. The molecule has 0 saturated carbocycles. The van der Waals surface area contributed by atoms with Crippen LogP contribution in [-0.2, 0) is 24.2 Å². The number of nitrogens with zero attached hydrogens (tertiary/aromatic N) is 2. The van der Waals surface area contributed by atoms with Gasteiger partial charge < -0.3 is 15.4 Å². The molecule has 3 rings (SSSR count). The molecule has 0 saturated heterocycles. The molecule has 0 aliphatic carbocycles. The molecule has 0 bridgehead atoms. The third-order valence-electron chi connectivity index (χ3n) is 5.00. The Hall–Kier alpha value is -3.32. The van der Waals surface area contributed by atoms with Gasteiger partial charge in [-0.25, -0.2) is 4.79 Å². The van der Waals surface area contributed by atoms with Crippen LogP contribution in [-0.4, -0.2) is 29.8 Å². The van der Waals surface area contributed by atoms with Gasteiger partial charge in [-0.15, -0.1) is 0 Å². The number of hydrogen-bond acceptors (Lipinski definition) is 5. The van der Waals surface area contributed by atoms with E-state index in [4.69, 9.17) is 10.5 Å². The Morgan fingerprint density at radius 1 is 1.00 bits per heavy atom. The van der Waals surface area contributed by atoms with Crippen molar-refractivity contribution in [1.29, 1.82) is 0 Å². The number of hydrogen-bond donors (Lipinski definition) is 2. The number of rotatable bonds is 10. The number of nitrogens with two attached hydrogens (primary N) is 1. The van der Waals surface area contributed by atoms with Gasteiger partial charge in [-0.1, -0.05) is 60.7 Å². The van der Waals surface area contributed by atoms with E-state index in [0.29, 0.717) is 25.4 Å². The highest BCUT2D eigenvalue weighted by Crippen LogP contribution is 2.20. The summed E-state index contributed by atoms with van der Waals surface area (Å²) in [6, 6.07) is 20.1. The van der Waals surface area contributed by atoms with Crippen molar-refractivity contribution in [1.82, 2.24) is 9.55 Å². The highest BCUT2D eigenvalue weighted by Gasteiger charge is 2.19. The number of H-pyrrole nitrogens is 1. The van der Waals surface area contributed by atoms with Crippen LogP contribution >= 0.6 is 0 Å². The zero-order valence-electron chi connectivity index (χ0n) is 17.2. The highest BCUT2D eigenvalue weighted by molar-refractivity contribution is 5.62. The molecule has 7 nitrogen and oxygen atoms in total. The van der Waals surface area contributed by atoms with E-state index in [1.54, 1.807) is 7.11 Å². The predicted molar refractivity (Wildman–Crippen MR) is 120 cm³/mol. The van der Waals surface area contributed by atoms with Gasteiger partial charge in [0.05, 0.1) is 13.2 Å². The lowest BCUT2D eigenvalue weighted by atomic mass is 10.1.